The number of benzene rings is 1. The summed E-state index contributed by atoms with van der Waals surface area (Å²) in [6, 6.07) is 6.82. The van der Waals surface area contributed by atoms with Gasteiger partial charge in [-0.2, -0.15) is 0 Å². The van der Waals surface area contributed by atoms with E-state index >= 15 is 0 Å². The average Bonchev–Trinajstić information content (AvgIpc) is 2.01. The van der Waals surface area contributed by atoms with Gasteiger partial charge in [0.05, 0.1) is 5.56 Å². The largest absolute Gasteiger partial charge is 0.516 e. The first-order valence-corrected chi connectivity index (χ1v) is 7.88. The lowest BCUT2D eigenvalue weighted by atomic mass is 10.2. The molecule has 0 saturated carbocycles. The molecule has 4 heteroatoms. The molecule has 0 radical (unpaired) electrons. The van der Waals surface area contributed by atoms with Crippen molar-refractivity contribution in [1.82, 2.24) is 0 Å². The normalized spacial score (nSPS) is 11.1. The fraction of sp³-hybridized carbons (Fsp3) is 0.300. The van der Waals surface area contributed by atoms with Crippen molar-refractivity contribution in [3.63, 3.8) is 0 Å². The molecule has 1 aromatic carbocycles. The number of nitrogens with two attached hydrogens (primary N) is 1. The van der Waals surface area contributed by atoms with Gasteiger partial charge in [0.2, 0.25) is 8.32 Å². The van der Waals surface area contributed by atoms with E-state index in [1.807, 2.05) is 19.6 Å². The van der Waals surface area contributed by atoms with E-state index < -0.39 is 8.32 Å². The van der Waals surface area contributed by atoms with E-state index in [1.54, 1.807) is 24.3 Å². The summed E-state index contributed by atoms with van der Waals surface area (Å²) in [4.78, 5) is 11.6. The van der Waals surface area contributed by atoms with Crippen molar-refractivity contribution < 1.29 is 9.22 Å². The molecule has 0 atom stereocenters. The van der Waals surface area contributed by atoms with E-state index in [0.717, 1.165) is 0 Å². The van der Waals surface area contributed by atoms with Crippen molar-refractivity contribution >= 4 is 20.0 Å². The lowest BCUT2D eigenvalue weighted by Gasteiger charge is -2.17. The van der Waals surface area contributed by atoms with E-state index in [1.165, 1.54) is 0 Å². The molecule has 0 spiro atoms. The first kappa shape index (κ1) is 10.8. The van der Waals surface area contributed by atoms with Gasteiger partial charge in [-0.25, -0.2) is 4.79 Å². The zero-order valence-electron chi connectivity index (χ0n) is 8.70. The van der Waals surface area contributed by atoms with E-state index in [-0.39, 0.29) is 5.97 Å². The molecule has 0 aliphatic heterocycles. The molecule has 2 N–H and O–H groups in total. The molecule has 0 heterocycles. The molecule has 3 nitrogen and oxygen atoms in total. The van der Waals surface area contributed by atoms with Gasteiger partial charge in [-0.1, -0.05) is 6.07 Å². The molecule has 14 heavy (non-hydrogen) atoms. The van der Waals surface area contributed by atoms with Crippen LogP contribution in [0.25, 0.3) is 0 Å². The first-order valence-electron chi connectivity index (χ1n) is 4.47. The van der Waals surface area contributed by atoms with Crippen LogP contribution in [0.2, 0.25) is 19.6 Å². The Hall–Kier alpha value is -1.29. The summed E-state index contributed by atoms with van der Waals surface area (Å²) >= 11 is 0. The van der Waals surface area contributed by atoms with Gasteiger partial charge in [0, 0.05) is 5.69 Å². The Labute approximate surface area is 85.0 Å². The summed E-state index contributed by atoms with van der Waals surface area (Å²) in [6.07, 6.45) is 0. The monoisotopic (exact) mass is 209 g/mol. The van der Waals surface area contributed by atoms with Crippen molar-refractivity contribution in [2.75, 3.05) is 5.73 Å². The Balaban J connectivity index is 2.80. The Morgan fingerprint density at radius 2 is 2.00 bits per heavy atom. The van der Waals surface area contributed by atoms with Crippen LogP contribution < -0.4 is 5.73 Å². The van der Waals surface area contributed by atoms with Crippen LogP contribution in [0.1, 0.15) is 10.4 Å². The van der Waals surface area contributed by atoms with Crippen molar-refractivity contribution in [2.24, 2.45) is 0 Å². The van der Waals surface area contributed by atoms with Crippen LogP contribution in [-0.4, -0.2) is 14.3 Å². The van der Waals surface area contributed by atoms with Gasteiger partial charge in [0.25, 0.3) is 0 Å². The smallest absolute Gasteiger partial charge is 0.324 e. The molecule has 0 saturated heterocycles. The molecule has 1 aromatic rings. The first-order chi connectivity index (χ1) is 6.38. The Morgan fingerprint density at radius 1 is 1.36 bits per heavy atom. The fourth-order valence-electron chi connectivity index (χ4n) is 1.00. The number of rotatable bonds is 2. The minimum absolute atomic E-state index is 0.281. The molecular weight excluding hydrogens is 194 g/mol. The average molecular weight is 209 g/mol. The SMILES string of the molecule is C[Si](C)(C)OC(=O)c1cccc(N)c1. The molecule has 0 fully saturated rings. The summed E-state index contributed by atoms with van der Waals surface area (Å²) in [6.45, 7) is 5.91. The van der Waals surface area contributed by atoms with E-state index in [0.29, 0.717) is 11.3 Å². The zero-order chi connectivity index (χ0) is 10.8. The van der Waals surface area contributed by atoms with Crippen molar-refractivity contribution in [2.45, 2.75) is 19.6 Å². The van der Waals surface area contributed by atoms with Gasteiger partial charge >= 0.3 is 5.97 Å². The predicted molar refractivity (Wildman–Crippen MR) is 59.6 cm³/mol. The summed E-state index contributed by atoms with van der Waals surface area (Å²) in [5.74, 6) is -0.281. The fourth-order valence-corrected chi connectivity index (χ4v) is 1.68. The van der Waals surface area contributed by atoms with Crippen molar-refractivity contribution in [3.05, 3.63) is 29.8 Å². The van der Waals surface area contributed by atoms with Crippen LogP contribution in [0, 0.1) is 0 Å². The second-order valence-corrected chi connectivity index (χ2v) is 8.56. The zero-order valence-corrected chi connectivity index (χ0v) is 9.70. The highest BCUT2D eigenvalue weighted by molar-refractivity contribution is 6.71. The lowest BCUT2D eigenvalue weighted by Crippen LogP contribution is -2.29. The lowest BCUT2D eigenvalue weighted by molar-refractivity contribution is 0.0724. The third kappa shape index (κ3) is 3.22. The molecular formula is C10H15NO2Si. The highest BCUT2D eigenvalue weighted by Crippen LogP contribution is 2.11. The molecule has 0 aliphatic rings. The van der Waals surface area contributed by atoms with Crippen LogP contribution in [0.15, 0.2) is 24.3 Å². The Kier molecular flexibility index (Phi) is 2.95. The third-order valence-electron chi connectivity index (χ3n) is 1.52. The van der Waals surface area contributed by atoms with Gasteiger partial charge in [-0.15, -0.1) is 0 Å². The Morgan fingerprint density at radius 3 is 2.50 bits per heavy atom. The van der Waals surface area contributed by atoms with E-state index in [9.17, 15) is 4.79 Å². The van der Waals surface area contributed by atoms with Crippen LogP contribution >= 0.6 is 0 Å². The summed E-state index contributed by atoms with van der Waals surface area (Å²) in [5.41, 5.74) is 6.66. The van der Waals surface area contributed by atoms with Gasteiger partial charge in [-0.05, 0) is 37.8 Å². The van der Waals surface area contributed by atoms with Crippen LogP contribution in [-0.2, 0) is 4.43 Å². The second-order valence-electron chi connectivity index (χ2n) is 4.13. The van der Waals surface area contributed by atoms with Crippen LogP contribution in [0.3, 0.4) is 0 Å². The summed E-state index contributed by atoms with van der Waals surface area (Å²) in [7, 11) is -1.81. The van der Waals surface area contributed by atoms with E-state index in [2.05, 4.69) is 0 Å². The molecule has 0 aromatic heterocycles. The predicted octanol–water partition coefficient (Wildman–Crippen LogP) is 2.26. The maximum Gasteiger partial charge on any atom is 0.324 e. The number of carbonyl (C=O) groups is 1. The number of hydrogen-bond acceptors (Lipinski definition) is 3. The van der Waals surface area contributed by atoms with Crippen LogP contribution in [0.5, 0.6) is 0 Å². The highest BCUT2D eigenvalue weighted by Gasteiger charge is 2.20. The molecule has 76 valence electrons. The molecule has 0 aliphatic carbocycles. The van der Waals surface area contributed by atoms with Gasteiger partial charge in [-0.3, -0.25) is 0 Å². The molecule has 0 amide bonds. The third-order valence-corrected chi connectivity index (χ3v) is 2.32. The van der Waals surface area contributed by atoms with Crippen LogP contribution in [0.4, 0.5) is 5.69 Å². The van der Waals surface area contributed by atoms with Gasteiger partial charge in [0.1, 0.15) is 0 Å². The van der Waals surface area contributed by atoms with E-state index in [4.69, 9.17) is 10.2 Å². The number of hydrogen-bond donors (Lipinski definition) is 1. The minimum Gasteiger partial charge on any atom is -0.516 e. The van der Waals surface area contributed by atoms with Gasteiger partial charge < -0.3 is 10.2 Å². The number of carbonyl (C=O) groups excluding carboxylic acids is 1. The highest BCUT2D eigenvalue weighted by atomic mass is 28.4. The molecule has 1 rings (SSSR count). The second kappa shape index (κ2) is 3.83. The van der Waals surface area contributed by atoms with Gasteiger partial charge in [0.15, 0.2) is 0 Å². The number of anilines is 1. The standard InChI is InChI=1S/C10H15NO2Si/c1-14(2,3)13-10(12)8-5-4-6-9(11)7-8/h4-7H,11H2,1-3H3. The van der Waals surface area contributed by atoms with Crippen molar-refractivity contribution in [1.29, 1.82) is 0 Å². The quantitative estimate of drug-likeness (QED) is 0.600. The molecule has 0 bridgehead atoms. The topological polar surface area (TPSA) is 52.3 Å². The summed E-state index contributed by atoms with van der Waals surface area (Å²) in [5, 5.41) is 0. The molecule has 0 unspecified atom stereocenters. The summed E-state index contributed by atoms with van der Waals surface area (Å²) < 4.78 is 5.32. The maximum absolute atomic E-state index is 11.6. The Bertz CT molecular complexity index is 344. The number of nitrogen functional groups attached to an aromatic ring is 1. The maximum atomic E-state index is 11.6. The minimum atomic E-state index is -1.81. The van der Waals surface area contributed by atoms with Crippen molar-refractivity contribution in [3.8, 4) is 0 Å².